The molecule has 0 aromatic heterocycles. The second-order valence-corrected chi connectivity index (χ2v) is 8.40. The predicted octanol–water partition coefficient (Wildman–Crippen LogP) is 1.72. The normalized spacial score (nSPS) is 32.2. The van der Waals surface area contributed by atoms with Crippen molar-refractivity contribution in [2.75, 3.05) is 26.7 Å². The molecule has 1 aliphatic carbocycles. The quantitative estimate of drug-likeness (QED) is 0.784. The van der Waals surface area contributed by atoms with Crippen molar-refractivity contribution < 1.29 is 8.42 Å². The zero-order valence-corrected chi connectivity index (χ0v) is 14.3. The Labute approximate surface area is 130 Å². The van der Waals surface area contributed by atoms with Crippen LogP contribution in [0.5, 0.6) is 0 Å². The van der Waals surface area contributed by atoms with Gasteiger partial charge >= 0.3 is 0 Å². The monoisotopic (exact) mass is 317 g/mol. The van der Waals surface area contributed by atoms with E-state index < -0.39 is 10.2 Å². The summed E-state index contributed by atoms with van der Waals surface area (Å²) < 4.78 is 29.8. The summed E-state index contributed by atoms with van der Waals surface area (Å²) in [5.74, 6) is 1.14. The molecule has 3 atom stereocenters. The highest BCUT2D eigenvalue weighted by atomic mass is 32.2. The zero-order valence-electron chi connectivity index (χ0n) is 13.5. The fraction of sp³-hybridized carbons (Fsp3) is 1.00. The lowest BCUT2D eigenvalue weighted by molar-refractivity contribution is 0.235. The smallest absolute Gasteiger partial charge is 0.279 e. The molecule has 21 heavy (non-hydrogen) atoms. The Morgan fingerprint density at radius 3 is 2.48 bits per heavy atom. The van der Waals surface area contributed by atoms with Gasteiger partial charge < -0.3 is 5.32 Å². The largest absolute Gasteiger partial charge is 0.318 e. The average molecular weight is 317 g/mol. The van der Waals surface area contributed by atoms with Gasteiger partial charge in [0.1, 0.15) is 0 Å². The number of rotatable bonds is 6. The fourth-order valence-corrected chi connectivity index (χ4v) is 5.25. The molecule has 1 saturated heterocycles. The summed E-state index contributed by atoms with van der Waals surface area (Å²) in [5, 5.41) is 3.12. The molecule has 1 aliphatic heterocycles. The van der Waals surface area contributed by atoms with Gasteiger partial charge in [-0.1, -0.05) is 32.6 Å². The molecule has 2 rings (SSSR count). The summed E-state index contributed by atoms with van der Waals surface area (Å²) in [7, 11) is -1.45. The highest BCUT2D eigenvalue weighted by molar-refractivity contribution is 7.87. The first-order valence-corrected chi connectivity index (χ1v) is 9.89. The first-order chi connectivity index (χ1) is 10.0. The average Bonchev–Trinajstić information content (AvgIpc) is 2.47. The Hall–Kier alpha value is -0.170. The van der Waals surface area contributed by atoms with Crippen LogP contribution in [0.1, 0.15) is 51.9 Å². The van der Waals surface area contributed by atoms with Gasteiger partial charge in [0.15, 0.2) is 0 Å². The first kappa shape index (κ1) is 17.2. The SMILES string of the molecule is CNCC1CCCCN1S(=O)(=O)NCC1CCCCC1C. The van der Waals surface area contributed by atoms with E-state index >= 15 is 0 Å². The molecule has 124 valence electrons. The molecule has 2 aliphatic rings. The van der Waals surface area contributed by atoms with Gasteiger partial charge in [0, 0.05) is 25.7 Å². The maximum absolute atomic E-state index is 12.6. The van der Waals surface area contributed by atoms with E-state index in [1.54, 1.807) is 4.31 Å². The minimum absolute atomic E-state index is 0.102. The van der Waals surface area contributed by atoms with E-state index in [1.165, 1.54) is 19.3 Å². The van der Waals surface area contributed by atoms with Crippen molar-refractivity contribution >= 4 is 10.2 Å². The van der Waals surface area contributed by atoms with E-state index in [1.807, 2.05) is 7.05 Å². The third kappa shape index (κ3) is 4.65. The third-order valence-corrected chi connectivity index (χ3v) is 6.77. The maximum Gasteiger partial charge on any atom is 0.279 e. The van der Waals surface area contributed by atoms with Crippen molar-refractivity contribution in [3.63, 3.8) is 0 Å². The van der Waals surface area contributed by atoms with Crippen LogP contribution in [0, 0.1) is 11.8 Å². The van der Waals surface area contributed by atoms with Crippen molar-refractivity contribution in [2.24, 2.45) is 11.8 Å². The lowest BCUT2D eigenvalue weighted by atomic mass is 9.81. The van der Waals surface area contributed by atoms with Gasteiger partial charge in [0.2, 0.25) is 0 Å². The molecule has 0 bridgehead atoms. The van der Waals surface area contributed by atoms with Crippen LogP contribution in [0.3, 0.4) is 0 Å². The highest BCUT2D eigenvalue weighted by Gasteiger charge is 2.32. The zero-order chi connectivity index (χ0) is 15.3. The molecule has 0 aromatic carbocycles. The molecule has 2 fully saturated rings. The Morgan fingerprint density at radius 2 is 1.76 bits per heavy atom. The molecule has 3 unspecified atom stereocenters. The van der Waals surface area contributed by atoms with E-state index in [0.29, 0.717) is 24.9 Å². The second-order valence-electron chi connectivity index (χ2n) is 6.69. The van der Waals surface area contributed by atoms with Gasteiger partial charge in [0.05, 0.1) is 0 Å². The van der Waals surface area contributed by atoms with Crippen LogP contribution >= 0.6 is 0 Å². The molecule has 6 heteroatoms. The van der Waals surface area contributed by atoms with Crippen molar-refractivity contribution in [2.45, 2.75) is 57.9 Å². The van der Waals surface area contributed by atoms with Crippen molar-refractivity contribution in [1.82, 2.24) is 14.3 Å². The number of hydrogen-bond donors (Lipinski definition) is 2. The second kappa shape index (κ2) is 7.90. The number of hydrogen-bond acceptors (Lipinski definition) is 3. The van der Waals surface area contributed by atoms with Gasteiger partial charge in [-0.2, -0.15) is 12.7 Å². The van der Waals surface area contributed by atoms with E-state index in [2.05, 4.69) is 17.0 Å². The van der Waals surface area contributed by atoms with Crippen LogP contribution in [0.15, 0.2) is 0 Å². The van der Waals surface area contributed by atoms with Crippen LogP contribution in [0.2, 0.25) is 0 Å². The van der Waals surface area contributed by atoms with E-state index in [-0.39, 0.29) is 6.04 Å². The molecule has 0 spiro atoms. The number of piperidine rings is 1. The molecule has 0 radical (unpaired) electrons. The van der Waals surface area contributed by atoms with Gasteiger partial charge in [-0.05, 0) is 38.1 Å². The standard InChI is InChI=1S/C15H31N3O2S/c1-13-7-3-4-8-14(13)11-17-21(19,20)18-10-6-5-9-15(18)12-16-2/h13-17H,3-12H2,1-2H3. The minimum atomic E-state index is -3.33. The Morgan fingerprint density at radius 1 is 1.05 bits per heavy atom. The van der Waals surface area contributed by atoms with Gasteiger partial charge in [-0.15, -0.1) is 0 Å². The predicted molar refractivity (Wildman–Crippen MR) is 86.3 cm³/mol. The Bertz CT molecular complexity index is 411. The lowest BCUT2D eigenvalue weighted by Gasteiger charge is -2.35. The van der Waals surface area contributed by atoms with Crippen molar-refractivity contribution in [3.8, 4) is 0 Å². The van der Waals surface area contributed by atoms with Gasteiger partial charge in [-0.25, -0.2) is 4.72 Å². The minimum Gasteiger partial charge on any atom is -0.318 e. The molecular weight excluding hydrogens is 286 g/mol. The van der Waals surface area contributed by atoms with Crippen LogP contribution in [0.25, 0.3) is 0 Å². The maximum atomic E-state index is 12.6. The molecule has 0 amide bonds. The fourth-order valence-electron chi connectivity index (χ4n) is 3.72. The van der Waals surface area contributed by atoms with E-state index in [9.17, 15) is 8.42 Å². The van der Waals surface area contributed by atoms with E-state index in [0.717, 1.165) is 32.2 Å². The number of likely N-dealkylation sites (N-methyl/N-ethyl adjacent to an activating group) is 1. The topological polar surface area (TPSA) is 61.4 Å². The third-order valence-electron chi connectivity index (χ3n) is 5.14. The van der Waals surface area contributed by atoms with E-state index in [4.69, 9.17) is 0 Å². The molecule has 5 nitrogen and oxygen atoms in total. The Balaban J connectivity index is 1.93. The van der Waals surface area contributed by atoms with Gasteiger partial charge in [-0.3, -0.25) is 0 Å². The molecule has 0 aromatic rings. The van der Waals surface area contributed by atoms with Crippen LogP contribution in [0.4, 0.5) is 0 Å². The summed E-state index contributed by atoms with van der Waals surface area (Å²) in [4.78, 5) is 0. The molecule has 2 N–H and O–H groups in total. The Kier molecular flexibility index (Phi) is 6.47. The summed E-state index contributed by atoms with van der Waals surface area (Å²) in [5.41, 5.74) is 0. The van der Waals surface area contributed by atoms with Crippen LogP contribution in [-0.2, 0) is 10.2 Å². The number of nitrogens with zero attached hydrogens (tertiary/aromatic N) is 1. The summed E-state index contributed by atoms with van der Waals surface area (Å²) in [6.07, 6.45) is 7.98. The van der Waals surface area contributed by atoms with Crippen LogP contribution < -0.4 is 10.0 Å². The van der Waals surface area contributed by atoms with Gasteiger partial charge in [0.25, 0.3) is 10.2 Å². The summed E-state index contributed by atoms with van der Waals surface area (Å²) in [6.45, 7) is 4.25. The number of nitrogens with one attached hydrogen (secondary N) is 2. The summed E-state index contributed by atoms with van der Waals surface area (Å²) in [6, 6.07) is 0.102. The summed E-state index contributed by atoms with van der Waals surface area (Å²) >= 11 is 0. The van der Waals surface area contributed by atoms with Crippen molar-refractivity contribution in [1.29, 1.82) is 0 Å². The van der Waals surface area contributed by atoms with Crippen LogP contribution in [-0.4, -0.2) is 45.4 Å². The highest BCUT2D eigenvalue weighted by Crippen LogP contribution is 2.29. The van der Waals surface area contributed by atoms with Crippen molar-refractivity contribution in [3.05, 3.63) is 0 Å². The molecular formula is C15H31N3O2S. The molecule has 1 saturated carbocycles. The first-order valence-electron chi connectivity index (χ1n) is 8.45. The molecule has 1 heterocycles. The lowest BCUT2D eigenvalue weighted by Crippen LogP contribution is -2.52.